The largest absolute Gasteiger partial charge is 0.480 e. The summed E-state index contributed by atoms with van der Waals surface area (Å²) in [5.41, 5.74) is 0.664. The Bertz CT molecular complexity index is 743. The molecule has 0 bridgehead atoms. The summed E-state index contributed by atoms with van der Waals surface area (Å²) in [5.74, 6) is -1.90. The highest BCUT2D eigenvalue weighted by atomic mass is 35.5. The molecule has 2 aromatic rings. The summed E-state index contributed by atoms with van der Waals surface area (Å²) < 4.78 is 1.43. The van der Waals surface area contributed by atoms with Gasteiger partial charge < -0.3 is 10.4 Å². The van der Waals surface area contributed by atoms with Crippen molar-refractivity contribution in [2.24, 2.45) is 5.92 Å². The lowest BCUT2D eigenvalue weighted by molar-refractivity contribution is -0.140. The number of amides is 1. The van der Waals surface area contributed by atoms with Crippen molar-refractivity contribution in [3.63, 3.8) is 0 Å². The van der Waals surface area contributed by atoms with Crippen molar-refractivity contribution >= 4 is 35.1 Å². The lowest BCUT2D eigenvalue weighted by Gasteiger charge is -2.16. The van der Waals surface area contributed by atoms with Gasteiger partial charge in [-0.05, 0) is 30.2 Å². The average Bonchev–Trinajstić information content (AvgIpc) is 2.93. The highest BCUT2D eigenvalue weighted by Gasteiger charge is 2.25. The zero-order valence-electron chi connectivity index (χ0n) is 12.5. The molecule has 0 saturated carbocycles. The molecule has 0 unspecified atom stereocenters. The van der Waals surface area contributed by atoms with Gasteiger partial charge in [-0.1, -0.05) is 37.0 Å². The Kier molecular flexibility index (Phi) is 5.28. The first-order valence-electron chi connectivity index (χ1n) is 6.84. The normalized spacial score (nSPS) is 12.2. The van der Waals surface area contributed by atoms with Crippen LogP contribution >= 0.6 is 23.2 Å². The van der Waals surface area contributed by atoms with Crippen molar-refractivity contribution in [1.29, 1.82) is 0 Å². The van der Waals surface area contributed by atoms with Gasteiger partial charge in [-0.25, -0.2) is 9.48 Å². The average molecular weight is 356 g/mol. The van der Waals surface area contributed by atoms with Crippen molar-refractivity contribution in [3.05, 3.63) is 46.2 Å². The fourth-order valence-corrected chi connectivity index (χ4v) is 2.47. The Labute approximate surface area is 143 Å². The standard InChI is InChI=1S/C15H15Cl2N3O3/c1-8(2)13(15(22)23)18-14(21)11-5-6-20(19-11)12-4-3-9(16)7-10(12)17/h3-8,13H,1-2H3,(H,18,21)(H,22,23)/t13-/m1/s1. The molecule has 0 radical (unpaired) electrons. The van der Waals surface area contributed by atoms with Crippen molar-refractivity contribution in [3.8, 4) is 5.69 Å². The Morgan fingerprint density at radius 3 is 2.52 bits per heavy atom. The molecule has 0 aliphatic carbocycles. The van der Waals surface area contributed by atoms with Gasteiger partial charge in [0.25, 0.3) is 5.91 Å². The molecule has 1 aromatic heterocycles. The second-order valence-electron chi connectivity index (χ2n) is 5.27. The molecule has 0 saturated heterocycles. The summed E-state index contributed by atoms with van der Waals surface area (Å²) in [6, 6.07) is 5.40. The van der Waals surface area contributed by atoms with Crippen LogP contribution in [0, 0.1) is 5.92 Å². The number of nitrogens with one attached hydrogen (secondary N) is 1. The number of benzene rings is 1. The molecule has 1 atom stereocenters. The smallest absolute Gasteiger partial charge is 0.326 e. The lowest BCUT2D eigenvalue weighted by atomic mass is 10.0. The summed E-state index contributed by atoms with van der Waals surface area (Å²) in [4.78, 5) is 23.3. The van der Waals surface area contributed by atoms with E-state index in [0.717, 1.165) is 0 Å². The molecule has 1 heterocycles. The Morgan fingerprint density at radius 1 is 1.26 bits per heavy atom. The van der Waals surface area contributed by atoms with Crippen LogP contribution in [0.15, 0.2) is 30.5 Å². The van der Waals surface area contributed by atoms with Crippen molar-refractivity contribution in [1.82, 2.24) is 15.1 Å². The van der Waals surface area contributed by atoms with Crippen LogP contribution in [0.3, 0.4) is 0 Å². The number of hydrogen-bond donors (Lipinski definition) is 2. The maximum atomic E-state index is 12.1. The molecule has 6 nitrogen and oxygen atoms in total. The molecule has 0 aliphatic rings. The predicted molar refractivity (Wildman–Crippen MR) is 87.3 cm³/mol. The molecular weight excluding hydrogens is 341 g/mol. The minimum atomic E-state index is -1.09. The zero-order valence-corrected chi connectivity index (χ0v) is 14.0. The van der Waals surface area contributed by atoms with Crippen molar-refractivity contribution in [2.45, 2.75) is 19.9 Å². The molecular formula is C15H15Cl2N3O3. The molecule has 23 heavy (non-hydrogen) atoms. The van der Waals surface area contributed by atoms with Gasteiger partial charge in [0, 0.05) is 11.2 Å². The van der Waals surface area contributed by atoms with Gasteiger partial charge in [0.05, 0.1) is 10.7 Å². The van der Waals surface area contributed by atoms with Gasteiger partial charge in [-0.3, -0.25) is 4.79 Å². The van der Waals surface area contributed by atoms with Gasteiger partial charge in [0.1, 0.15) is 6.04 Å². The number of hydrogen-bond acceptors (Lipinski definition) is 3. The minimum Gasteiger partial charge on any atom is -0.480 e. The van der Waals surface area contributed by atoms with E-state index in [4.69, 9.17) is 28.3 Å². The van der Waals surface area contributed by atoms with E-state index in [-0.39, 0.29) is 11.6 Å². The maximum Gasteiger partial charge on any atom is 0.326 e. The molecule has 1 amide bonds. The van der Waals surface area contributed by atoms with Crippen LogP contribution in [0.2, 0.25) is 10.0 Å². The van der Waals surface area contributed by atoms with Crippen molar-refractivity contribution < 1.29 is 14.7 Å². The van der Waals surface area contributed by atoms with Crippen LogP contribution < -0.4 is 5.32 Å². The number of aromatic nitrogens is 2. The fraction of sp³-hybridized carbons (Fsp3) is 0.267. The monoisotopic (exact) mass is 355 g/mol. The number of aliphatic carboxylic acids is 1. The molecule has 2 rings (SSSR count). The second-order valence-corrected chi connectivity index (χ2v) is 6.12. The molecule has 122 valence electrons. The third-order valence-electron chi connectivity index (χ3n) is 3.20. The summed E-state index contributed by atoms with van der Waals surface area (Å²) >= 11 is 11.9. The van der Waals surface area contributed by atoms with Crippen LogP contribution in [-0.4, -0.2) is 32.8 Å². The molecule has 8 heteroatoms. The third kappa shape index (κ3) is 4.03. The molecule has 0 fully saturated rings. The summed E-state index contributed by atoms with van der Waals surface area (Å²) in [6.45, 7) is 3.43. The van der Waals surface area contributed by atoms with Gasteiger partial charge in [-0.2, -0.15) is 5.10 Å². The van der Waals surface area contributed by atoms with E-state index >= 15 is 0 Å². The summed E-state index contributed by atoms with van der Waals surface area (Å²) in [7, 11) is 0. The van der Waals surface area contributed by atoms with E-state index in [9.17, 15) is 9.59 Å². The lowest BCUT2D eigenvalue weighted by Crippen LogP contribution is -2.44. The molecule has 0 spiro atoms. The number of nitrogens with zero attached hydrogens (tertiary/aromatic N) is 2. The molecule has 0 aliphatic heterocycles. The summed E-state index contributed by atoms with van der Waals surface area (Å²) in [6.07, 6.45) is 1.56. The first kappa shape index (κ1) is 17.3. The number of halogens is 2. The number of carboxylic acid groups (broad SMARTS) is 1. The van der Waals surface area contributed by atoms with E-state index in [1.54, 1.807) is 38.2 Å². The Morgan fingerprint density at radius 2 is 1.96 bits per heavy atom. The van der Waals surface area contributed by atoms with E-state index in [1.165, 1.54) is 10.7 Å². The topological polar surface area (TPSA) is 84.2 Å². The molecule has 2 N–H and O–H groups in total. The quantitative estimate of drug-likeness (QED) is 0.863. The predicted octanol–water partition coefficient (Wildman–Crippen LogP) is 3.02. The van der Waals surface area contributed by atoms with Gasteiger partial charge >= 0.3 is 5.97 Å². The first-order chi connectivity index (χ1) is 10.8. The number of rotatable bonds is 5. The zero-order chi connectivity index (χ0) is 17.1. The van der Waals surface area contributed by atoms with E-state index < -0.39 is 17.9 Å². The minimum absolute atomic E-state index is 0.0999. The summed E-state index contributed by atoms with van der Waals surface area (Å²) in [5, 5.41) is 16.6. The van der Waals surface area contributed by atoms with Crippen LogP contribution in [0.1, 0.15) is 24.3 Å². The van der Waals surface area contributed by atoms with Crippen LogP contribution in [0.5, 0.6) is 0 Å². The van der Waals surface area contributed by atoms with Crippen molar-refractivity contribution in [2.75, 3.05) is 0 Å². The highest BCUT2D eigenvalue weighted by molar-refractivity contribution is 6.35. The Hall–Kier alpha value is -2.05. The van der Waals surface area contributed by atoms with Gasteiger partial charge in [0.2, 0.25) is 0 Å². The van der Waals surface area contributed by atoms with E-state index in [0.29, 0.717) is 15.7 Å². The van der Waals surface area contributed by atoms with Gasteiger partial charge in [-0.15, -0.1) is 0 Å². The number of carbonyl (C=O) groups is 2. The van der Waals surface area contributed by atoms with E-state index in [1.807, 2.05) is 0 Å². The number of carboxylic acids is 1. The van der Waals surface area contributed by atoms with Gasteiger partial charge in [0.15, 0.2) is 5.69 Å². The van der Waals surface area contributed by atoms with E-state index in [2.05, 4.69) is 10.4 Å². The highest BCUT2D eigenvalue weighted by Crippen LogP contribution is 2.23. The Balaban J connectivity index is 2.21. The molecule has 1 aromatic carbocycles. The van der Waals surface area contributed by atoms with Crippen LogP contribution in [-0.2, 0) is 4.79 Å². The van der Waals surface area contributed by atoms with Crippen LogP contribution in [0.4, 0.5) is 0 Å². The van der Waals surface area contributed by atoms with Crippen LogP contribution in [0.25, 0.3) is 5.69 Å². The first-order valence-corrected chi connectivity index (χ1v) is 7.60. The SMILES string of the molecule is CC(C)[C@@H](NC(=O)c1ccn(-c2ccc(Cl)cc2Cl)n1)C(=O)O. The number of carbonyl (C=O) groups excluding carboxylic acids is 1. The third-order valence-corrected chi connectivity index (χ3v) is 3.74. The maximum absolute atomic E-state index is 12.1. The second kappa shape index (κ2) is 7.02. The fourth-order valence-electron chi connectivity index (χ4n) is 1.98.